The molecule has 2 aliphatic heterocycles. The fourth-order valence-corrected chi connectivity index (χ4v) is 4.65. The SMILES string of the molecule is O=C(NCc1cc(-c2ccccc2Cl)no1)c1ccc2n(c1=O)C[C@@H]1CNC[C@H]2C1. The Morgan fingerprint density at radius 2 is 2.13 bits per heavy atom. The maximum absolute atomic E-state index is 13.0. The minimum absolute atomic E-state index is 0.132. The quantitative estimate of drug-likeness (QED) is 0.672. The number of fused-ring (bicyclic) bond motifs is 4. The van der Waals surface area contributed by atoms with Crippen LogP contribution in [0.25, 0.3) is 11.3 Å². The molecule has 2 bridgehead atoms. The van der Waals surface area contributed by atoms with Crippen LogP contribution in [0.2, 0.25) is 5.02 Å². The number of carbonyl (C=O) groups excluding carboxylic acids is 1. The van der Waals surface area contributed by atoms with Crippen molar-refractivity contribution in [2.75, 3.05) is 13.1 Å². The van der Waals surface area contributed by atoms with Crippen molar-refractivity contribution in [2.24, 2.45) is 5.92 Å². The number of aromatic nitrogens is 2. The number of hydrogen-bond donors (Lipinski definition) is 2. The average molecular weight is 425 g/mol. The first-order valence-corrected chi connectivity index (χ1v) is 10.4. The zero-order valence-electron chi connectivity index (χ0n) is 16.2. The Hall–Kier alpha value is -2.90. The highest BCUT2D eigenvalue weighted by atomic mass is 35.5. The van der Waals surface area contributed by atoms with E-state index in [9.17, 15) is 9.59 Å². The van der Waals surface area contributed by atoms with Gasteiger partial charge in [0.1, 0.15) is 11.3 Å². The zero-order chi connectivity index (χ0) is 20.7. The second-order valence-electron chi connectivity index (χ2n) is 7.89. The Balaban J connectivity index is 1.32. The van der Waals surface area contributed by atoms with E-state index in [0.29, 0.717) is 34.9 Å². The molecule has 2 N–H and O–H groups in total. The second-order valence-corrected chi connectivity index (χ2v) is 8.29. The number of carbonyl (C=O) groups is 1. The molecule has 1 saturated heterocycles. The maximum atomic E-state index is 13.0. The van der Waals surface area contributed by atoms with Gasteiger partial charge in [-0.3, -0.25) is 9.59 Å². The highest BCUT2D eigenvalue weighted by Crippen LogP contribution is 2.31. The van der Waals surface area contributed by atoms with Crippen LogP contribution in [0.4, 0.5) is 0 Å². The van der Waals surface area contributed by atoms with Crippen LogP contribution in [0.15, 0.2) is 51.8 Å². The van der Waals surface area contributed by atoms with Gasteiger partial charge in [0.25, 0.3) is 11.5 Å². The molecule has 2 aromatic heterocycles. The van der Waals surface area contributed by atoms with Crippen molar-refractivity contribution >= 4 is 17.5 Å². The Labute approximate surface area is 178 Å². The van der Waals surface area contributed by atoms with Crippen molar-refractivity contribution in [3.8, 4) is 11.3 Å². The molecule has 2 aliphatic rings. The summed E-state index contributed by atoms with van der Waals surface area (Å²) in [5.74, 6) is 0.834. The summed E-state index contributed by atoms with van der Waals surface area (Å²) in [4.78, 5) is 25.6. The van der Waals surface area contributed by atoms with Crippen molar-refractivity contribution in [3.05, 3.63) is 74.9 Å². The summed E-state index contributed by atoms with van der Waals surface area (Å²) in [5, 5.41) is 10.8. The lowest BCUT2D eigenvalue weighted by molar-refractivity contribution is 0.0944. The van der Waals surface area contributed by atoms with E-state index in [-0.39, 0.29) is 17.7 Å². The molecular weight excluding hydrogens is 404 g/mol. The van der Waals surface area contributed by atoms with Crippen LogP contribution in [0.1, 0.15) is 34.2 Å². The van der Waals surface area contributed by atoms with E-state index in [1.54, 1.807) is 22.8 Å². The predicted octanol–water partition coefficient (Wildman–Crippen LogP) is 2.79. The molecule has 30 heavy (non-hydrogen) atoms. The summed E-state index contributed by atoms with van der Waals surface area (Å²) >= 11 is 6.19. The molecule has 2 atom stereocenters. The van der Waals surface area contributed by atoms with Gasteiger partial charge in [-0.2, -0.15) is 0 Å². The molecule has 0 radical (unpaired) electrons. The zero-order valence-corrected chi connectivity index (χ0v) is 17.0. The van der Waals surface area contributed by atoms with Crippen molar-refractivity contribution in [1.82, 2.24) is 20.4 Å². The Kier molecular flexibility index (Phi) is 4.92. The van der Waals surface area contributed by atoms with Gasteiger partial charge in [-0.1, -0.05) is 35.0 Å². The molecule has 3 aromatic rings. The van der Waals surface area contributed by atoms with Gasteiger partial charge >= 0.3 is 0 Å². The summed E-state index contributed by atoms with van der Waals surface area (Å²) in [6, 6.07) is 12.6. The van der Waals surface area contributed by atoms with E-state index < -0.39 is 5.91 Å². The molecule has 154 valence electrons. The molecule has 0 aliphatic carbocycles. The van der Waals surface area contributed by atoms with E-state index in [2.05, 4.69) is 15.8 Å². The van der Waals surface area contributed by atoms with E-state index in [1.165, 1.54) is 0 Å². The third-order valence-electron chi connectivity index (χ3n) is 5.89. The molecule has 7 nitrogen and oxygen atoms in total. The van der Waals surface area contributed by atoms with Crippen molar-refractivity contribution in [3.63, 3.8) is 0 Å². The molecule has 1 aromatic carbocycles. The molecule has 0 saturated carbocycles. The first-order valence-electron chi connectivity index (χ1n) is 10.0. The molecule has 0 unspecified atom stereocenters. The van der Waals surface area contributed by atoms with Crippen molar-refractivity contribution < 1.29 is 9.32 Å². The van der Waals surface area contributed by atoms with Crippen LogP contribution in [0.5, 0.6) is 0 Å². The number of benzene rings is 1. The number of halogens is 1. The third kappa shape index (κ3) is 3.44. The van der Waals surface area contributed by atoms with Gasteiger partial charge in [-0.15, -0.1) is 0 Å². The minimum atomic E-state index is -0.417. The van der Waals surface area contributed by atoms with Gasteiger partial charge in [0.2, 0.25) is 0 Å². The minimum Gasteiger partial charge on any atom is -0.359 e. The number of piperidine rings is 1. The summed E-state index contributed by atoms with van der Waals surface area (Å²) in [7, 11) is 0. The lowest BCUT2D eigenvalue weighted by Crippen LogP contribution is -2.46. The van der Waals surface area contributed by atoms with Crippen molar-refractivity contribution in [1.29, 1.82) is 0 Å². The third-order valence-corrected chi connectivity index (χ3v) is 6.21. The number of pyridine rings is 1. The van der Waals surface area contributed by atoms with Gasteiger partial charge in [-0.05, 0) is 37.1 Å². The van der Waals surface area contributed by atoms with E-state index in [4.69, 9.17) is 16.1 Å². The highest BCUT2D eigenvalue weighted by Gasteiger charge is 2.31. The molecule has 5 rings (SSSR count). The Morgan fingerprint density at radius 3 is 3.00 bits per heavy atom. The fourth-order valence-electron chi connectivity index (χ4n) is 4.42. The molecule has 4 heterocycles. The summed E-state index contributed by atoms with van der Waals surface area (Å²) in [6.07, 6.45) is 1.09. The highest BCUT2D eigenvalue weighted by molar-refractivity contribution is 6.33. The molecule has 8 heteroatoms. The normalized spacial score (nSPS) is 19.9. The Morgan fingerprint density at radius 1 is 1.27 bits per heavy atom. The van der Waals surface area contributed by atoms with Crippen LogP contribution in [0.3, 0.4) is 0 Å². The topological polar surface area (TPSA) is 89.2 Å². The number of hydrogen-bond acceptors (Lipinski definition) is 5. The smallest absolute Gasteiger partial charge is 0.263 e. The van der Waals surface area contributed by atoms with E-state index in [1.807, 2.05) is 24.3 Å². The largest absolute Gasteiger partial charge is 0.359 e. The number of rotatable bonds is 4. The molecule has 0 spiro atoms. The number of nitrogens with one attached hydrogen (secondary N) is 2. The van der Waals surface area contributed by atoms with Gasteiger partial charge in [0.05, 0.1) is 11.6 Å². The molecule has 1 fully saturated rings. The van der Waals surface area contributed by atoms with Gasteiger partial charge < -0.3 is 19.7 Å². The monoisotopic (exact) mass is 424 g/mol. The first kappa shape index (κ1) is 19.1. The van der Waals surface area contributed by atoms with Crippen LogP contribution < -0.4 is 16.2 Å². The summed E-state index contributed by atoms with van der Waals surface area (Å²) in [5.41, 5.74) is 2.29. The van der Waals surface area contributed by atoms with Gasteiger partial charge in [0.15, 0.2) is 5.76 Å². The number of nitrogens with zero attached hydrogens (tertiary/aromatic N) is 2. The Bertz CT molecular complexity index is 1170. The van der Waals surface area contributed by atoms with Crippen LogP contribution >= 0.6 is 11.6 Å². The van der Waals surface area contributed by atoms with E-state index >= 15 is 0 Å². The number of amides is 1. The van der Waals surface area contributed by atoms with Crippen molar-refractivity contribution in [2.45, 2.75) is 25.4 Å². The van der Waals surface area contributed by atoms with Crippen LogP contribution in [-0.2, 0) is 13.1 Å². The van der Waals surface area contributed by atoms with Crippen LogP contribution in [0, 0.1) is 5.92 Å². The maximum Gasteiger partial charge on any atom is 0.263 e. The molecule has 1 amide bonds. The second kappa shape index (κ2) is 7.74. The van der Waals surface area contributed by atoms with Gasteiger partial charge in [0, 0.05) is 36.3 Å². The summed E-state index contributed by atoms with van der Waals surface area (Å²) < 4.78 is 7.09. The predicted molar refractivity (Wildman–Crippen MR) is 113 cm³/mol. The van der Waals surface area contributed by atoms with Gasteiger partial charge in [-0.25, -0.2) is 0 Å². The van der Waals surface area contributed by atoms with E-state index in [0.717, 1.165) is 30.8 Å². The average Bonchev–Trinajstić information content (AvgIpc) is 3.22. The first-order chi connectivity index (χ1) is 14.6. The lowest BCUT2D eigenvalue weighted by atomic mass is 9.84. The van der Waals surface area contributed by atoms with Crippen LogP contribution in [-0.4, -0.2) is 28.7 Å². The fraction of sp³-hybridized carbons (Fsp3) is 0.318. The molecular formula is C22H21ClN4O3. The lowest BCUT2D eigenvalue weighted by Gasteiger charge is -2.37. The summed E-state index contributed by atoms with van der Waals surface area (Å²) in [6.45, 7) is 2.58. The standard InChI is InChI=1S/C22H21ClN4O3/c23-18-4-2-1-3-16(18)19-8-15(30-26-19)11-25-21(28)17-5-6-20-14-7-13(9-24-10-14)12-27(20)22(17)29/h1-6,8,13-14,24H,7,9-12H2,(H,25,28)/t13-,14+/m0/s1.